The lowest BCUT2D eigenvalue weighted by molar-refractivity contribution is 0.108. The molecule has 0 aliphatic heterocycles. The number of amides is 2. The van der Waals surface area contributed by atoms with Crippen molar-refractivity contribution in [2.45, 2.75) is 31.6 Å². The Morgan fingerprint density at radius 3 is 2.41 bits per heavy atom. The monoisotopic (exact) mass is 472 g/mol. The Kier molecular flexibility index (Phi) is 7.37. The molecular weight excluding hydrogens is 448 g/mol. The smallest absolute Gasteiger partial charge is 0.328 e. The summed E-state index contributed by atoms with van der Waals surface area (Å²) >= 11 is 3.82. The number of thiol groups is 1. The molecule has 1 aromatic heterocycles. The van der Waals surface area contributed by atoms with Gasteiger partial charge < -0.3 is 10.3 Å². The standard InChI is InChI=1S/C22H24N4O4S2/c1-3-12-23-22(28)26-32(29,30)18-7-5-4-6-17(18)16-10-8-15(9-11-16)13-19-24-14(2)20(25-19)21(27)31/h4-11H,3,12-13H2,1-2H3,(H,24,25)(H,27,31)(H2,23,26,28). The average molecular weight is 473 g/mol. The van der Waals surface area contributed by atoms with E-state index in [0.29, 0.717) is 47.7 Å². The van der Waals surface area contributed by atoms with E-state index in [1.807, 2.05) is 19.1 Å². The third-order valence-corrected chi connectivity index (χ3v) is 6.31. The van der Waals surface area contributed by atoms with Crippen molar-refractivity contribution in [3.05, 3.63) is 71.3 Å². The normalized spacial score (nSPS) is 11.2. The van der Waals surface area contributed by atoms with Gasteiger partial charge in [-0.1, -0.05) is 62.0 Å². The molecule has 8 nitrogen and oxygen atoms in total. The molecule has 0 radical (unpaired) electrons. The molecule has 32 heavy (non-hydrogen) atoms. The van der Waals surface area contributed by atoms with Crippen molar-refractivity contribution in [3.63, 3.8) is 0 Å². The Morgan fingerprint density at radius 2 is 1.78 bits per heavy atom. The van der Waals surface area contributed by atoms with Gasteiger partial charge >= 0.3 is 6.03 Å². The maximum absolute atomic E-state index is 12.8. The van der Waals surface area contributed by atoms with Crippen LogP contribution in [0.1, 0.15) is 40.9 Å². The van der Waals surface area contributed by atoms with Crippen LogP contribution in [-0.2, 0) is 16.4 Å². The Hall–Kier alpha value is -3.11. The highest BCUT2D eigenvalue weighted by Gasteiger charge is 2.21. The van der Waals surface area contributed by atoms with Gasteiger partial charge in [-0.25, -0.2) is 22.9 Å². The minimum absolute atomic E-state index is 0.0120. The third-order valence-electron chi connectivity index (χ3n) is 4.71. The van der Waals surface area contributed by atoms with Gasteiger partial charge in [0.05, 0.1) is 4.90 Å². The van der Waals surface area contributed by atoms with Crippen molar-refractivity contribution in [1.29, 1.82) is 0 Å². The zero-order chi connectivity index (χ0) is 23.3. The molecule has 0 aliphatic carbocycles. The van der Waals surface area contributed by atoms with Gasteiger partial charge in [0.2, 0.25) is 5.12 Å². The van der Waals surface area contributed by atoms with E-state index in [9.17, 15) is 18.0 Å². The van der Waals surface area contributed by atoms with Crippen molar-refractivity contribution in [3.8, 4) is 11.1 Å². The van der Waals surface area contributed by atoms with Crippen LogP contribution in [0.3, 0.4) is 0 Å². The number of urea groups is 1. The molecule has 3 rings (SSSR count). The topological polar surface area (TPSA) is 121 Å². The summed E-state index contributed by atoms with van der Waals surface area (Å²) < 4.78 is 27.6. The van der Waals surface area contributed by atoms with E-state index in [-0.39, 0.29) is 4.90 Å². The Morgan fingerprint density at radius 1 is 1.09 bits per heavy atom. The highest BCUT2D eigenvalue weighted by molar-refractivity contribution is 7.97. The first-order valence-corrected chi connectivity index (χ1v) is 11.9. The predicted octanol–water partition coefficient (Wildman–Crippen LogP) is 3.44. The largest absolute Gasteiger partial charge is 0.345 e. The lowest BCUT2D eigenvalue weighted by Gasteiger charge is -2.12. The van der Waals surface area contributed by atoms with Crippen LogP contribution in [0.4, 0.5) is 4.79 Å². The zero-order valence-electron chi connectivity index (χ0n) is 17.7. The summed E-state index contributed by atoms with van der Waals surface area (Å²) in [5.74, 6) is 0.637. The summed E-state index contributed by atoms with van der Waals surface area (Å²) in [6.07, 6.45) is 1.17. The van der Waals surface area contributed by atoms with Crippen LogP contribution in [0.2, 0.25) is 0 Å². The summed E-state index contributed by atoms with van der Waals surface area (Å²) in [4.78, 5) is 30.7. The Labute approximate surface area is 192 Å². The van der Waals surface area contributed by atoms with E-state index < -0.39 is 21.2 Å². The minimum atomic E-state index is -4.05. The molecule has 3 N–H and O–H groups in total. The number of aromatic amines is 1. The first-order chi connectivity index (χ1) is 15.2. The number of hydrogen-bond acceptors (Lipinski definition) is 5. The van der Waals surface area contributed by atoms with Crippen LogP contribution in [-0.4, -0.2) is 36.1 Å². The number of imidazole rings is 1. The number of sulfonamides is 1. The van der Waals surface area contributed by atoms with E-state index in [1.165, 1.54) is 6.07 Å². The number of aromatic nitrogens is 2. The summed E-state index contributed by atoms with van der Waals surface area (Å²) in [6, 6.07) is 13.1. The second-order valence-corrected chi connectivity index (χ2v) is 9.25. The number of aryl methyl sites for hydroxylation is 1. The Balaban J connectivity index is 1.83. The van der Waals surface area contributed by atoms with Crippen LogP contribution < -0.4 is 10.0 Å². The fraction of sp³-hybridized carbons (Fsp3) is 0.227. The number of H-pyrrole nitrogens is 1. The molecule has 0 aliphatic rings. The van der Waals surface area contributed by atoms with Crippen LogP contribution in [0.5, 0.6) is 0 Å². The lowest BCUT2D eigenvalue weighted by Crippen LogP contribution is -2.39. The van der Waals surface area contributed by atoms with E-state index in [2.05, 4.69) is 32.6 Å². The van der Waals surface area contributed by atoms with Crippen LogP contribution in [0.25, 0.3) is 11.1 Å². The summed E-state index contributed by atoms with van der Waals surface area (Å²) in [6.45, 7) is 4.01. The molecule has 1 heterocycles. The number of rotatable bonds is 8. The maximum atomic E-state index is 12.8. The number of nitrogens with one attached hydrogen (secondary N) is 3. The zero-order valence-corrected chi connectivity index (χ0v) is 19.4. The molecule has 0 bridgehead atoms. The first kappa shape index (κ1) is 23.6. The summed E-state index contributed by atoms with van der Waals surface area (Å²) in [5, 5.41) is 2.10. The molecule has 10 heteroatoms. The van der Waals surface area contributed by atoms with Gasteiger partial charge in [-0.3, -0.25) is 4.79 Å². The second-order valence-electron chi connectivity index (χ2n) is 7.19. The molecular formula is C22H24N4O4S2. The maximum Gasteiger partial charge on any atom is 0.328 e. The third kappa shape index (κ3) is 5.57. The SMILES string of the molecule is CCCNC(=O)NS(=O)(=O)c1ccccc1-c1ccc(Cc2nc(C(=O)S)c(C)[nH]2)cc1. The van der Waals surface area contributed by atoms with E-state index >= 15 is 0 Å². The first-order valence-electron chi connectivity index (χ1n) is 9.99. The molecule has 0 spiro atoms. The lowest BCUT2D eigenvalue weighted by atomic mass is 10.0. The predicted molar refractivity (Wildman–Crippen MR) is 125 cm³/mol. The highest BCUT2D eigenvalue weighted by Crippen LogP contribution is 2.28. The molecule has 0 atom stereocenters. The number of carbonyl (C=O) groups is 2. The number of nitrogens with zero attached hydrogens (tertiary/aromatic N) is 1. The van der Waals surface area contributed by atoms with Gasteiger partial charge in [-0.05, 0) is 30.5 Å². The quantitative estimate of drug-likeness (QED) is 0.374. The number of carbonyl (C=O) groups excluding carboxylic acids is 2. The van der Waals surface area contributed by atoms with Crippen molar-refractivity contribution < 1.29 is 18.0 Å². The molecule has 0 saturated heterocycles. The fourth-order valence-electron chi connectivity index (χ4n) is 3.20. The van der Waals surface area contributed by atoms with Gasteiger partial charge in [0.15, 0.2) is 0 Å². The van der Waals surface area contributed by atoms with Crippen molar-refractivity contribution in [2.75, 3.05) is 6.54 Å². The van der Waals surface area contributed by atoms with Crippen molar-refractivity contribution in [1.82, 2.24) is 20.0 Å². The van der Waals surface area contributed by atoms with Crippen LogP contribution >= 0.6 is 12.6 Å². The van der Waals surface area contributed by atoms with Crippen molar-refractivity contribution >= 4 is 33.8 Å². The van der Waals surface area contributed by atoms with E-state index in [4.69, 9.17) is 0 Å². The van der Waals surface area contributed by atoms with Gasteiger partial charge in [0, 0.05) is 24.2 Å². The number of benzene rings is 2. The van der Waals surface area contributed by atoms with Gasteiger partial charge in [-0.15, -0.1) is 0 Å². The molecule has 0 fully saturated rings. The molecule has 168 valence electrons. The van der Waals surface area contributed by atoms with E-state index in [0.717, 1.165) is 5.56 Å². The molecule has 2 amide bonds. The van der Waals surface area contributed by atoms with Gasteiger partial charge in [0.1, 0.15) is 11.5 Å². The number of hydrogen-bond donors (Lipinski definition) is 4. The molecule has 0 unspecified atom stereocenters. The summed E-state index contributed by atoms with van der Waals surface area (Å²) in [7, 11) is -4.05. The van der Waals surface area contributed by atoms with Gasteiger partial charge in [-0.2, -0.15) is 0 Å². The summed E-state index contributed by atoms with van der Waals surface area (Å²) in [5.41, 5.74) is 3.05. The molecule has 2 aromatic carbocycles. The van der Waals surface area contributed by atoms with Gasteiger partial charge in [0.25, 0.3) is 10.0 Å². The Bertz CT molecular complexity index is 1240. The molecule has 0 saturated carbocycles. The van der Waals surface area contributed by atoms with Crippen LogP contribution in [0.15, 0.2) is 53.4 Å². The highest BCUT2D eigenvalue weighted by atomic mass is 32.2. The second kappa shape index (κ2) is 10.0. The average Bonchev–Trinajstić information content (AvgIpc) is 3.13. The van der Waals surface area contributed by atoms with E-state index in [1.54, 1.807) is 37.3 Å². The fourth-order valence-corrected chi connectivity index (χ4v) is 4.58. The minimum Gasteiger partial charge on any atom is -0.345 e. The molecule has 3 aromatic rings. The van der Waals surface area contributed by atoms with Crippen molar-refractivity contribution in [2.24, 2.45) is 0 Å². The van der Waals surface area contributed by atoms with Crippen LogP contribution in [0, 0.1) is 6.92 Å².